The zero-order valence-corrected chi connectivity index (χ0v) is 11.4. The topological polar surface area (TPSA) is 73.6 Å². The average molecular weight is 318 g/mol. The highest BCUT2D eigenvalue weighted by Crippen LogP contribution is 2.41. The van der Waals surface area contributed by atoms with E-state index in [4.69, 9.17) is 27.8 Å². The predicted octanol–water partition coefficient (Wildman–Crippen LogP) is 2.83. The number of nitrogens with zero attached hydrogens (tertiary/aromatic N) is 1. The van der Waals surface area contributed by atoms with Gasteiger partial charge in [0.2, 0.25) is 6.10 Å². The highest BCUT2D eigenvalue weighted by Gasteiger charge is 2.47. The van der Waals surface area contributed by atoms with Gasteiger partial charge in [-0.2, -0.15) is 13.2 Å². The minimum atomic E-state index is -4.65. The Bertz CT molecular complexity index is 649. The van der Waals surface area contributed by atoms with Gasteiger partial charge in [0.1, 0.15) is 5.75 Å². The van der Waals surface area contributed by atoms with Gasteiger partial charge in [-0.15, -0.1) is 0 Å². The fraction of sp³-hybridized carbons (Fsp3) is 0.154. The summed E-state index contributed by atoms with van der Waals surface area (Å²) >= 11 is 5.96. The van der Waals surface area contributed by atoms with E-state index in [1.807, 2.05) is 0 Å². The summed E-state index contributed by atoms with van der Waals surface area (Å²) in [5, 5.41) is 0.253. The van der Waals surface area contributed by atoms with Crippen molar-refractivity contribution in [2.45, 2.75) is 12.3 Å². The van der Waals surface area contributed by atoms with Crippen molar-refractivity contribution in [1.29, 1.82) is 0 Å². The summed E-state index contributed by atoms with van der Waals surface area (Å²) in [6, 6.07) is 4.43. The van der Waals surface area contributed by atoms with Crippen LogP contribution in [0.15, 0.2) is 41.0 Å². The number of ether oxygens (including phenoxy) is 1. The monoisotopic (exact) mass is 317 g/mol. The van der Waals surface area contributed by atoms with Gasteiger partial charge in [0.15, 0.2) is 5.96 Å². The minimum absolute atomic E-state index is 0.0334. The van der Waals surface area contributed by atoms with E-state index in [-0.39, 0.29) is 22.0 Å². The maximum Gasteiger partial charge on any atom is 0.429 e. The molecular weight excluding hydrogens is 307 g/mol. The average Bonchev–Trinajstić information content (AvgIpc) is 2.36. The Hall–Kier alpha value is -2.15. The Morgan fingerprint density at radius 1 is 1.33 bits per heavy atom. The second-order valence-corrected chi connectivity index (χ2v) is 4.68. The van der Waals surface area contributed by atoms with Gasteiger partial charge in [-0.25, -0.2) is 4.99 Å². The number of rotatable bonds is 2. The highest BCUT2D eigenvalue weighted by molar-refractivity contribution is 6.32. The van der Waals surface area contributed by atoms with Gasteiger partial charge in [-0.1, -0.05) is 24.2 Å². The molecule has 4 nitrogen and oxygen atoms in total. The molecule has 0 amide bonds. The largest absolute Gasteiger partial charge is 0.475 e. The zero-order valence-electron chi connectivity index (χ0n) is 10.6. The smallest absolute Gasteiger partial charge is 0.429 e. The maximum absolute atomic E-state index is 13.1. The lowest BCUT2D eigenvalue weighted by Crippen LogP contribution is -2.38. The molecule has 2 rings (SSSR count). The molecule has 0 aromatic heterocycles. The van der Waals surface area contributed by atoms with Crippen LogP contribution < -0.4 is 16.2 Å². The van der Waals surface area contributed by atoms with E-state index in [1.165, 1.54) is 24.3 Å². The lowest BCUT2D eigenvalue weighted by molar-refractivity contribution is -0.183. The van der Waals surface area contributed by atoms with E-state index in [1.54, 1.807) is 0 Å². The van der Waals surface area contributed by atoms with Crippen LogP contribution in [0.25, 0.3) is 6.08 Å². The van der Waals surface area contributed by atoms with Crippen molar-refractivity contribution in [3.8, 4) is 5.75 Å². The lowest BCUT2D eigenvalue weighted by atomic mass is 9.99. The standard InChI is InChI=1S/C13H11ClF3N3O/c1-6(20-12(18)19)7-5-8-9(14)3-2-4-10(8)21-11(7)13(15,16)17/h2-5,11H,1H2,(H4,18,19,20). The quantitative estimate of drug-likeness (QED) is 0.650. The lowest BCUT2D eigenvalue weighted by Gasteiger charge is -2.29. The summed E-state index contributed by atoms with van der Waals surface area (Å²) in [6.07, 6.45) is -5.62. The molecule has 1 aliphatic rings. The number of alkyl halides is 3. The summed E-state index contributed by atoms with van der Waals surface area (Å²) in [5.41, 5.74) is 10.1. The Labute approximate surface area is 123 Å². The van der Waals surface area contributed by atoms with Crippen LogP contribution in [-0.2, 0) is 0 Å². The molecule has 1 aromatic carbocycles. The zero-order chi connectivity index (χ0) is 15.8. The van der Waals surface area contributed by atoms with Gasteiger partial charge >= 0.3 is 6.18 Å². The second kappa shape index (κ2) is 5.33. The molecule has 8 heteroatoms. The van der Waals surface area contributed by atoms with Crippen LogP contribution in [0.1, 0.15) is 5.56 Å². The van der Waals surface area contributed by atoms with Crippen molar-refractivity contribution in [2.24, 2.45) is 16.5 Å². The Kier molecular flexibility index (Phi) is 3.87. The number of hydrogen-bond acceptors (Lipinski definition) is 2. The molecule has 0 saturated heterocycles. The molecule has 0 aliphatic carbocycles. The normalized spacial score (nSPS) is 17.3. The first-order valence-electron chi connectivity index (χ1n) is 5.72. The number of halogens is 4. The first kappa shape index (κ1) is 15.2. The molecule has 0 bridgehead atoms. The Morgan fingerprint density at radius 2 is 2.00 bits per heavy atom. The molecule has 4 N–H and O–H groups in total. The van der Waals surface area contributed by atoms with E-state index in [0.717, 1.165) is 0 Å². The van der Waals surface area contributed by atoms with Crippen LogP contribution >= 0.6 is 11.6 Å². The third-order valence-corrected chi connectivity index (χ3v) is 3.06. The predicted molar refractivity (Wildman–Crippen MR) is 74.8 cm³/mol. The first-order chi connectivity index (χ1) is 9.70. The molecule has 0 spiro atoms. The Balaban J connectivity index is 2.57. The maximum atomic E-state index is 13.1. The van der Waals surface area contributed by atoms with Gasteiger partial charge in [-0.05, 0) is 18.2 Å². The molecule has 0 radical (unpaired) electrons. The number of hydrogen-bond donors (Lipinski definition) is 2. The van der Waals surface area contributed by atoms with Crippen molar-refractivity contribution >= 4 is 23.6 Å². The molecular formula is C13H11ClF3N3O. The summed E-state index contributed by atoms with van der Waals surface area (Å²) in [4.78, 5) is 3.55. The number of nitrogens with two attached hydrogens (primary N) is 2. The summed E-state index contributed by atoms with van der Waals surface area (Å²) in [7, 11) is 0. The summed E-state index contributed by atoms with van der Waals surface area (Å²) in [5.74, 6) is -0.363. The molecule has 1 unspecified atom stereocenters. The molecule has 1 heterocycles. The molecule has 1 aliphatic heterocycles. The summed E-state index contributed by atoms with van der Waals surface area (Å²) < 4.78 is 44.4. The van der Waals surface area contributed by atoms with E-state index >= 15 is 0 Å². The number of benzene rings is 1. The van der Waals surface area contributed by atoms with Gasteiger partial charge in [-0.3, -0.25) is 0 Å². The van der Waals surface area contributed by atoms with Crippen LogP contribution in [0.4, 0.5) is 13.2 Å². The van der Waals surface area contributed by atoms with Crippen molar-refractivity contribution in [2.75, 3.05) is 0 Å². The first-order valence-corrected chi connectivity index (χ1v) is 6.10. The number of guanidine groups is 1. The van der Waals surface area contributed by atoms with Crippen LogP contribution in [0.3, 0.4) is 0 Å². The molecule has 1 atom stereocenters. The Morgan fingerprint density at radius 3 is 2.57 bits per heavy atom. The fourth-order valence-electron chi connectivity index (χ4n) is 1.88. The molecule has 0 fully saturated rings. The van der Waals surface area contributed by atoms with Crippen LogP contribution in [0, 0.1) is 0 Å². The third kappa shape index (κ3) is 3.13. The van der Waals surface area contributed by atoms with Crippen molar-refractivity contribution in [1.82, 2.24) is 0 Å². The SMILES string of the molecule is C=C(N=C(N)N)C1=Cc2c(Cl)cccc2OC1C(F)(F)F. The van der Waals surface area contributed by atoms with Crippen LogP contribution in [-0.4, -0.2) is 18.2 Å². The van der Waals surface area contributed by atoms with Gasteiger partial charge in [0.05, 0.1) is 10.7 Å². The number of fused-ring (bicyclic) bond motifs is 1. The van der Waals surface area contributed by atoms with Crippen molar-refractivity contribution in [3.63, 3.8) is 0 Å². The van der Waals surface area contributed by atoms with Gasteiger partial charge in [0, 0.05) is 11.1 Å². The van der Waals surface area contributed by atoms with Crippen LogP contribution in [0.5, 0.6) is 5.75 Å². The third-order valence-electron chi connectivity index (χ3n) is 2.73. The van der Waals surface area contributed by atoms with E-state index < -0.39 is 18.2 Å². The number of aliphatic imine (C=N–C) groups is 1. The van der Waals surface area contributed by atoms with Crippen molar-refractivity contribution in [3.05, 3.63) is 46.6 Å². The molecule has 112 valence electrons. The second-order valence-electron chi connectivity index (χ2n) is 4.27. The molecule has 0 saturated carbocycles. The minimum Gasteiger partial charge on any atom is -0.475 e. The van der Waals surface area contributed by atoms with Crippen LogP contribution in [0.2, 0.25) is 5.02 Å². The molecule has 1 aromatic rings. The fourth-order valence-corrected chi connectivity index (χ4v) is 2.10. The van der Waals surface area contributed by atoms with E-state index in [9.17, 15) is 13.2 Å². The van der Waals surface area contributed by atoms with E-state index in [0.29, 0.717) is 5.56 Å². The van der Waals surface area contributed by atoms with Gasteiger partial charge in [0.25, 0.3) is 0 Å². The van der Waals surface area contributed by atoms with Crippen molar-refractivity contribution < 1.29 is 17.9 Å². The van der Waals surface area contributed by atoms with Gasteiger partial charge < -0.3 is 16.2 Å². The highest BCUT2D eigenvalue weighted by atomic mass is 35.5. The summed E-state index contributed by atoms with van der Waals surface area (Å²) in [6.45, 7) is 3.45. The molecule has 21 heavy (non-hydrogen) atoms. The van der Waals surface area contributed by atoms with E-state index in [2.05, 4.69) is 11.6 Å².